The van der Waals surface area contributed by atoms with Crippen molar-refractivity contribution in [3.8, 4) is 0 Å². The van der Waals surface area contributed by atoms with Crippen molar-refractivity contribution < 1.29 is 4.74 Å². The number of epoxide rings is 1. The van der Waals surface area contributed by atoms with Crippen LogP contribution in [-0.2, 0) is 4.74 Å². The number of hydrogen-bond acceptors (Lipinski definition) is 1. The van der Waals surface area contributed by atoms with Crippen molar-refractivity contribution in [2.75, 3.05) is 0 Å². The van der Waals surface area contributed by atoms with Crippen molar-refractivity contribution >= 4 is 23.6 Å². The molecular weight excluding hydrogens is 380 g/mol. The Morgan fingerprint density at radius 2 is 1.03 bits per heavy atom. The van der Waals surface area contributed by atoms with Crippen LogP contribution in [0.5, 0.6) is 0 Å². The summed E-state index contributed by atoms with van der Waals surface area (Å²) < 4.78 is 6.54. The molecule has 4 rings (SSSR count). The summed E-state index contributed by atoms with van der Waals surface area (Å²) in [4.78, 5) is 0. The Hall–Kier alpha value is -2.16. The van der Waals surface area contributed by atoms with E-state index in [9.17, 15) is 0 Å². The smallest absolute Gasteiger partial charge is 0.182 e. The van der Waals surface area contributed by atoms with Crippen LogP contribution < -0.4 is 15.6 Å². The quantitative estimate of drug-likeness (QED) is 0.181. The van der Waals surface area contributed by atoms with Gasteiger partial charge in [-0.2, -0.15) is 0 Å². The lowest BCUT2D eigenvalue weighted by molar-refractivity contribution is 0.378. The van der Waals surface area contributed by atoms with Gasteiger partial charge in [0.05, 0.1) is 11.8 Å². The molecule has 1 nitrogen and oxygen atoms in total. The van der Waals surface area contributed by atoms with E-state index >= 15 is 0 Å². The van der Waals surface area contributed by atoms with Gasteiger partial charge in [0.2, 0.25) is 0 Å². The van der Waals surface area contributed by atoms with Crippen LogP contribution in [0.15, 0.2) is 91.0 Å². The fraction of sp³-hybridized carbons (Fsp3) is 0.357. The second-order valence-electron chi connectivity index (χ2n) is 8.56. The Kier molecular flexibility index (Phi) is 7.19. The Bertz CT molecular complexity index is 782. The molecule has 0 aliphatic carbocycles. The molecule has 30 heavy (non-hydrogen) atoms. The normalized spacial score (nSPS) is 18.3. The maximum Gasteiger partial charge on any atom is 0.182 e. The molecule has 2 atom stereocenters. The highest BCUT2D eigenvalue weighted by Crippen LogP contribution is 2.35. The van der Waals surface area contributed by atoms with Crippen molar-refractivity contribution in [3.63, 3.8) is 0 Å². The zero-order valence-electron chi connectivity index (χ0n) is 18.2. The Balaban J connectivity index is 1.64. The minimum absolute atomic E-state index is 0.320. The molecule has 0 radical (unpaired) electrons. The summed E-state index contributed by atoms with van der Waals surface area (Å²) >= 11 is 0. The first-order valence-electron chi connectivity index (χ1n) is 11.7. The van der Waals surface area contributed by atoms with Crippen LogP contribution in [0.25, 0.3) is 0 Å². The molecule has 3 aromatic rings. The van der Waals surface area contributed by atoms with E-state index in [1.54, 1.807) is 0 Å². The molecule has 2 heteroatoms. The van der Waals surface area contributed by atoms with Crippen LogP contribution in [0.3, 0.4) is 0 Å². The minimum atomic E-state index is -2.26. The van der Waals surface area contributed by atoms with Gasteiger partial charge in [0.1, 0.15) is 0 Å². The van der Waals surface area contributed by atoms with Crippen LogP contribution in [0.4, 0.5) is 0 Å². The first kappa shape index (κ1) is 21.1. The van der Waals surface area contributed by atoms with E-state index in [-0.39, 0.29) is 0 Å². The van der Waals surface area contributed by atoms with Crippen molar-refractivity contribution in [2.24, 2.45) is 0 Å². The van der Waals surface area contributed by atoms with Crippen molar-refractivity contribution in [1.82, 2.24) is 0 Å². The van der Waals surface area contributed by atoms with E-state index in [0.717, 1.165) is 0 Å². The second-order valence-corrected chi connectivity index (χ2v) is 12.5. The number of ether oxygens (including phenoxy) is 1. The zero-order chi connectivity index (χ0) is 20.7. The predicted molar refractivity (Wildman–Crippen MR) is 131 cm³/mol. The van der Waals surface area contributed by atoms with Crippen LogP contribution in [0, 0.1) is 0 Å². The molecule has 1 aliphatic heterocycles. The monoisotopic (exact) mass is 414 g/mol. The lowest BCUT2D eigenvalue weighted by Gasteiger charge is -2.32. The highest BCUT2D eigenvalue weighted by atomic mass is 28.3. The SMILES string of the molecule is CCCCCCCC[C@@H]1O[C@@H]1[Si](c1ccccc1)(c1ccccc1)c1ccccc1. The molecule has 1 aliphatic rings. The summed E-state index contributed by atoms with van der Waals surface area (Å²) in [5.41, 5.74) is 0.320. The number of unbranched alkanes of at least 4 members (excludes halogenated alkanes) is 5. The van der Waals surface area contributed by atoms with Crippen LogP contribution in [0.1, 0.15) is 51.9 Å². The first-order valence-corrected chi connectivity index (χ1v) is 13.8. The molecule has 0 amide bonds. The summed E-state index contributed by atoms with van der Waals surface area (Å²) in [6.45, 7) is 2.28. The molecule has 0 saturated carbocycles. The number of hydrogen-bond donors (Lipinski definition) is 0. The summed E-state index contributed by atoms with van der Waals surface area (Å²) in [7, 11) is -2.26. The maximum absolute atomic E-state index is 6.54. The lowest BCUT2D eigenvalue weighted by Crippen LogP contribution is -2.71. The van der Waals surface area contributed by atoms with Gasteiger partial charge in [-0.1, -0.05) is 136 Å². The lowest BCUT2D eigenvalue weighted by atomic mass is 10.1. The number of benzene rings is 3. The Morgan fingerprint density at radius 3 is 1.50 bits per heavy atom. The standard InChI is InChI=1S/C28H34OSi/c1-2-3-4-5-6-16-23-27-28(29-27)30(24-17-10-7-11-18-24,25-19-12-8-13-20-25)26-21-14-9-15-22-26/h7-15,17-22,27-28H,2-6,16,23H2,1H3/t27-,28+/m0/s1. The van der Waals surface area contributed by atoms with E-state index in [1.165, 1.54) is 60.5 Å². The van der Waals surface area contributed by atoms with Crippen molar-refractivity contribution in [2.45, 2.75) is 63.7 Å². The fourth-order valence-electron chi connectivity index (χ4n) is 4.97. The summed E-state index contributed by atoms with van der Waals surface area (Å²) in [5.74, 6) is 0. The third-order valence-corrected chi connectivity index (χ3v) is 11.6. The molecule has 0 aromatic heterocycles. The first-order chi connectivity index (χ1) is 14.9. The molecule has 0 unspecified atom stereocenters. The van der Waals surface area contributed by atoms with Gasteiger partial charge in [0.15, 0.2) is 8.07 Å². The van der Waals surface area contributed by atoms with Gasteiger partial charge in [-0.3, -0.25) is 0 Å². The predicted octanol–water partition coefficient (Wildman–Crippen LogP) is 5.21. The summed E-state index contributed by atoms with van der Waals surface area (Å²) in [6.07, 6.45) is 9.63. The molecule has 0 bridgehead atoms. The topological polar surface area (TPSA) is 12.5 Å². The average Bonchev–Trinajstić information content (AvgIpc) is 3.59. The van der Waals surface area contributed by atoms with E-state index < -0.39 is 8.07 Å². The molecule has 0 N–H and O–H groups in total. The Morgan fingerprint density at radius 1 is 0.600 bits per heavy atom. The molecule has 156 valence electrons. The van der Waals surface area contributed by atoms with E-state index in [0.29, 0.717) is 11.8 Å². The Labute approximate surface area is 183 Å². The van der Waals surface area contributed by atoms with Gasteiger partial charge in [0, 0.05) is 0 Å². The van der Waals surface area contributed by atoms with Gasteiger partial charge >= 0.3 is 0 Å². The average molecular weight is 415 g/mol. The number of rotatable bonds is 11. The third kappa shape index (κ3) is 4.45. The van der Waals surface area contributed by atoms with Gasteiger partial charge in [0.25, 0.3) is 0 Å². The highest BCUT2D eigenvalue weighted by molar-refractivity contribution is 7.12. The van der Waals surface area contributed by atoms with Gasteiger partial charge in [-0.25, -0.2) is 0 Å². The minimum Gasteiger partial charge on any atom is -0.372 e. The van der Waals surface area contributed by atoms with Crippen LogP contribution in [-0.4, -0.2) is 19.9 Å². The van der Waals surface area contributed by atoms with Crippen molar-refractivity contribution in [3.05, 3.63) is 91.0 Å². The van der Waals surface area contributed by atoms with E-state index in [1.807, 2.05) is 0 Å². The summed E-state index contributed by atoms with van der Waals surface area (Å²) in [6, 6.07) is 33.5. The molecule has 0 spiro atoms. The fourth-order valence-corrected chi connectivity index (χ4v) is 10.2. The zero-order valence-corrected chi connectivity index (χ0v) is 19.2. The molecular formula is C28H34OSi. The highest BCUT2D eigenvalue weighted by Gasteiger charge is 2.58. The molecule has 1 saturated heterocycles. The summed E-state index contributed by atoms with van der Waals surface area (Å²) in [5, 5.41) is 4.37. The van der Waals surface area contributed by atoms with Crippen molar-refractivity contribution in [1.29, 1.82) is 0 Å². The van der Waals surface area contributed by atoms with Crippen LogP contribution >= 0.6 is 0 Å². The maximum atomic E-state index is 6.54. The van der Waals surface area contributed by atoms with Crippen LogP contribution in [0.2, 0.25) is 0 Å². The third-order valence-electron chi connectivity index (χ3n) is 6.54. The van der Waals surface area contributed by atoms with Gasteiger partial charge < -0.3 is 4.74 Å². The second kappa shape index (κ2) is 10.2. The molecule has 1 heterocycles. The van der Waals surface area contributed by atoms with E-state index in [4.69, 9.17) is 4.74 Å². The van der Waals surface area contributed by atoms with E-state index in [2.05, 4.69) is 97.9 Å². The van der Waals surface area contributed by atoms with Gasteiger partial charge in [-0.15, -0.1) is 0 Å². The van der Waals surface area contributed by atoms with Gasteiger partial charge in [-0.05, 0) is 22.0 Å². The molecule has 1 fully saturated rings. The molecule has 3 aromatic carbocycles. The largest absolute Gasteiger partial charge is 0.372 e.